The predicted molar refractivity (Wildman–Crippen MR) is 57.4 cm³/mol. The second-order valence-corrected chi connectivity index (χ2v) is 3.48. The molecule has 86 valence electrons. The molecule has 0 spiro atoms. The van der Waals surface area contributed by atoms with Gasteiger partial charge in [-0.2, -0.15) is 4.98 Å². The van der Waals surface area contributed by atoms with E-state index in [1.165, 1.54) is 6.26 Å². The van der Waals surface area contributed by atoms with Gasteiger partial charge in [0.2, 0.25) is 11.7 Å². The van der Waals surface area contributed by atoms with Crippen LogP contribution in [-0.2, 0) is 6.54 Å². The summed E-state index contributed by atoms with van der Waals surface area (Å²) in [5.41, 5.74) is 6.09. The normalized spacial score (nSPS) is 11.2. The highest BCUT2D eigenvalue weighted by Crippen LogP contribution is 2.27. The molecule has 0 atom stereocenters. The topological polar surface area (TPSA) is 78.1 Å². The fourth-order valence-electron chi connectivity index (χ4n) is 1.63. The van der Waals surface area contributed by atoms with Gasteiger partial charge in [-0.3, -0.25) is 0 Å². The van der Waals surface area contributed by atoms with Crippen molar-refractivity contribution >= 4 is 11.0 Å². The highest BCUT2D eigenvalue weighted by atomic mass is 19.1. The van der Waals surface area contributed by atoms with E-state index in [4.69, 9.17) is 14.7 Å². The van der Waals surface area contributed by atoms with Crippen molar-refractivity contribution in [3.8, 4) is 11.4 Å². The quantitative estimate of drug-likeness (QED) is 0.733. The van der Waals surface area contributed by atoms with E-state index in [9.17, 15) is 4.39 Å². The molecule has 1 aromatic carbocycles. The Morgan fingerprint density at radius 2 is 2.18 bits per heavy atom. The molecule has 0 aliphatic rings. The Labute approximate surface area is 95.0 Å². The Morgan fingerprint density at radius 3 is 2.94 bits per heavy atom. The molecule has 0 saturated heterocycles. The smallest absolute Gasteiger partial charge is 0.240 e. The van der Waals surface area contributed by atoms with Crippen molar-refractivity contribution in [3.63, 3.8) is 0 Å². The van der Waals surface area contributed by atoms with E-state index in [0.717, 1.165) is 0 Å². The van der Waals surface area contributed by atoms with E-state index < -0.39 is 5.82 Å². The fraction of sp³-hybridized carbons (Fsp3) is 0.0909. The van der Waals surface area contributed by atoms with Crippen molar-refractivity contribution in [1.82, 2.24) is 10.1 Å². The Morgan fingerprint density at radius 1 is 1.29 bits per heavy atom. The van der Waals surface area contributed by atoms with Gasteiger partial charge in [0.05, 0.1) is 23.8 Å². The summed E-state index contributed by atoms with van der Waals surface area (Å²) in [6.45, 7) is 0.128. The molecule has 0 unspecified atom stereocenters. The number of aromatic nitrogens is 2. The number of hydrogen-bond acceptors (Lipinski definition) is 5. The van der Waals surface area contributed by atoms with Crippen LogP contribution in [0, 0.1) is 5.82 Å². The summed E-state index contributed by atoms with van der Waals surface area (Å²) < 4.78 is 24.0. The first-order valence-corrected chi connectivity index (χ1v) is 4.98. The maximum absolute atomic E-state index is 14.1. The molecule has 2 aromatic heterocycles. The molecule has 2 heterocycles. The van der Waals surface area contributed by atoms with E-state index >= 15 is 0 Å². The molecule has 0 bridgehead atoms. The number of fused-ring (bicyclic) bond motifs is 1. The summed E-state index contributed by atoms with van der Waals surface area (Å²) in [6, 6.07) is 4.76. The molecule has 2 N–H and O–H groups in total. The molecule has 0 aliphatic heterocycles. The first kappa shape index (κ1) is 9.98. The average Bonchev–Trinajstić information content (AvgIpc) is 2.97. The molecular weight excluding hydrogens is 225 g/mol. The zero-order chi connectivity index (χ0) is 11.8. The van der Waals surface area contributed by atoms with Crippen LogP contribution in [0.5, 0.6) is 0 Å². The molecule has 0 aliphatic carbocycles. The summed E-state index contributed by atoms with van der Waals surface area (Å²) >= 11 is 0. The summed E-state index contributed by atoms with van der Waals surface area (Å²) in [5, 5.41) is 4.06. The second-order valence-electron chi connectivity index (χ2n) is 3.48. The second kappa shape index (κ2) is 3.67. The van der Waals surface area contributed by atoms with E-state index in [-0.39, 0.29) is 23.8 Å². The first-order valence-electron chi connectivity index (χ1n) is 4.98. The molecule has 0 saturated carbocycles. The van der Waals surface area contributed by atoms with Gasteiger partial charge in [-0.15, -0.1) is 0 Å². The van der Waals surface area contributed by atoms with Gasteiger partial charge in [0.15, 0.2) is 0 Å². The molecule has 6 heteroatoms. The van der Waals surface area contributed by atoms with Gasteiger partial charge >= 0.3 is 0 Å². The predicted octanol–water partition coefficient (Wildman–Crippen LogP) is 2.08. The molecule has 3 aromatic rings. The van der Waals surface area contributed by atoms with Crippen LogP contribution < -0.4 is 5.73 Å². The van der Waals surface area contributed by atoms with Crippen LogP contribution in [0.15, 0.2) is 33.4 Å². The largest absolute Gasteiger partial charge is 0.464 e. The van der Waals surface area contributed by atoms with Crippen molar-refractivity contribution in [2.75, 3.05) is 0 Å². The number of furan rings is 1. The van der Waals surface area contributed by atoms with Crippen LogP contribution in [0.25, 0.3) is 22.4 Å². The summed E-state index contributed by atoms with van der Waals surface area (Å²) in [5.74, 6) is 0.0263. The van der Waals surface area contributed by atoms with Crippen LogP contribution >= 0.6 is 0 Å². The number of benzene rings is 1. The summed E-state index contributed by atoms with van der Waals surface area (Å²) in [4.78, 5) is 3.98. The standard InChI is InChI=1S/C11H8FN3O2/c12-10-6-3-4-16-8(6)2-1-7(10)11-14-9(5-13)17-15-11/h1-4H,5,13H2. The van der Waals surface area contributed by atoms with E-state index in [2.05, 4.69) is 10.1 Å². The van der Waals surface area contributed by atoms with Gasteiger partial charge < -0.3 is 14.7 Å². The monoisotopic (exact) mass is 233 g/mol. The van der Waals surface area contributed by atoms with Crippen LogP contribution in [0.1, 0.15) is 5.89 Å². The minimum Gasteiger partial charge on any atom is -0.464 e. The maximum atomic E-state index is 14.1. The third-order valence-electron chi connectivity index (χ3n) is 2.45. The van der Waals surface area contributed by atoms with Crippen LogP contribution in [0.2, 0.25) is 0 Å². The average molecular weight is 233 g/mol. The Bertz CT molecular complexity index is 674. The third kappa shape index (κ3) is 1.50. The van der Waals surface area contributed by atoms with E-state index in [1.807, 2.05) is 0 Å². The lowest BCUT2D eigenvalue weighted by atomic mass is 10.1. The molecule has 5 nitrogen and oxygen atoms in total. The Balaban J connectivity index is 2.19. The lowest BCUT2D eigenvalue weighted by molar-refractivity contribution is 0.380. The number of nitrogens with zero attached hydrogens (tertiary/aromatic N) is 2. The van der Waals surface area contributed by atoms with Gasteiger partial charge in [-0.1, -0.05) is 5.16 Å². The van der Waals surface area contributed by atoms with Crippen LogP contribution in [0.3, 0.4) is 0 Å². The molecule has 0 radical (unpaired) electrons. The zero-order valence-corrected chi connectivity index (χ0v) is 8.68. The molecule has 3 rings (SSSR count). The number of hydrogen-bond donors (Lipinski definition) is 1. The SMILES string of the molecule is NCc1nc(-c2ccc3occc3c2F)no1. The van der Waals surface area contributed by atoms with Crippen molar-refractivity contribution in [3.05, 3.63) is 36.2 Å². The van der Waals surface area contributed by atoms with Crippen LogP contribution in [-0.4, -0.2) is 10.1 Å². The fourth-order valence-corrected chi connectivity index (χ4v) is 1.63. The van der Waals surface area contributed by atoms with E-state index in [0.29, 0.717) is 11.0 Å². The molecular formula is C11H8FN3O2. The van der Waals surface area contributed by atoms with Gasteiger partial charge in [-0.25, -0.2) is 4.39 Å². The minimum atomic E-state index is -0.430. The number of halogens is 1. The lowest BCUT2D eigenvalue weighted by Gasteiger charge is -1.97. The Kier molecular flexibility index (Phi) is 2.15. The van der Waals surface area contributed by atoms with Crippen LogP contribution in [0.4, 0.5) is 4.39 Å². The molecule has 0 amide bonds. The maximum Gasteiger partial charge on any atom is 0.240 e. The van der Waals surface area contributed by atoms with Crippen molar-refractivity contribution in [1.29, 1.82) is 0 Å². The highest BCUT2D eigenvalue weighted by Gasteiger charge is 2.15. The van der Waals surface area contributed by atoms with Crippen molar-refractivity contribution in [2.45, 2.75) is 6.54 Å². The van der Waals surface area contributed by atoms with Gasteiger partial charge in [0.1, 0.15) is 11.4 Å². The van der Waals surface area contributed by atoms with Gasteiger partial charge in [-0.05, 0) is 18.2 Å². The Hall–Kier alpha value is -2.21. The summed E-state index contributed by atoms with van der Waals surface area (Å²) in [6.07, 6.45) is 1.43. The number of nitrogens with two attached hydrogens (primary N) is 1. The molecule has 17 heavy (non-hydrogen) atoms. The first-order chi connectivity index (χ1) is 8.29. The minimum absolute atomic E-state index is 0.128. The van der Waals surface area contributed by atoms with Gasteiger partial charge in [0.25, 0.3) is 0 Å². The van der Waals surface area contributed by atoms with Crippen molar-refractivity contribution in [2.24, 2.45) is 5.73 Å². The zero-order valence-electron chi connectivity index (χ0n) is 8.68. The van der Waals surface area contributed by atoms with E-state index in [1.54, 1.807) is 18.2 Å². The summed E-state index contributed by atoms with van der Waals surface area (Å²) in [7, 11) is 0. The third-order valence-corrected chi connectivity index (χ3v) is 2.45. The molecule has 0 fully saturated rings. The highest BCUT2D eigenvalue weighted by molar-refractivity contribution is 5.83. The lowest BCUT2D eigenvalue weighted by Crippen LogP contribution is -1.96. The number of rotatable bonds is 2. The van der Waals surface area contributed by atoms with Crippen molar-refractivity contribution < 1.29 is 13.3 Å². The van der Waals surface area contributed by atoms with Gasteiger partial charge in [0, 0.05) is 0 Å².